The summed E-state index contributed by atoms with van der Waals surface area (Å²) in [5.41, 5.74) is 1.76. The van der Waals surface area contributed by atoms with Gasteiger partial charge in [0.1, 0.15) is 5.75 Å². The molecule has 0 aliphatic heterocycles. The van der Waals surface area contributed by atoms with Crippen LogP contribution in [0.2, 0.25) is 5.02 Å². The zero-order valence-electron chi connectivity index (χ0n) is 9.68. The van der Waals surface area contributed by atoms with Crippen molar-refractivity contribution in [3.8, 4) is 16.9 Å². The fraction of sp³-hybridized carbons (Fsp3) is 0.0714. The van der Waals surface area contributed by atoms with E-state index in [0.717, 1.165) is 11.3 Å². The number of carboxylic acid groups (broad SMARTS) is 1. The van der Waals surface area contributed by atoms with Crippen LogP contribution in [-0.4, -0.2) is 18.2 Å². The fourth-order valence-electron chi connectivity index (χ4n) is 1.65. The molecule has 1 N–H and O–H groups in total. The lowest BCUT2D eigenvalue weighted by Gasteiger charge is -2.07. The van der Waals surface area contributed by atoms with Crippen LogP contribution < -0.4 is 4.74 Å². The van der Waals surface area contributed by atoms with Crippen molar-refractivity contribution in [3.05, 3.63) is 53.1 Å². The molecule has 0 radical (unpaired) electrons. The molecule has 2 aromatic rings. The normalized spacial score (nSPS) is 10.1. The highest BCUT2D eigenvalue weighted by Gasteiger charge is 2.09. The van der Waals surface area contributed by atoms with Gasteiger partial charge in [-0.05, 0) is 35.9 Å². The second kappa shape index (κ2) is 5.10. The van der Waals surface area contributed by atoms with Gasteiger partial charge in [-0.25, -0.2) is 4.79 Å². The van der Waals surface area contributed by atoms with Gasteiger partial charge in [0.25, 0.3) is 0 Å². The lowest BCUT2D eigenvalue weighted by Crippen LogP contribution is -1.96. The fourth-order valence-corrected chi connectivity index (χ4v) is 1.88. The molecule has 0 fully saturated rings. The van der Waals surface area contributed by atoms with E-state index in [4.69, 9.17) is 21.4 Å². The summed E-state index contributed by atoms with van der Waals surface area (Å²) in [5.74, 6) is -0.231. The molecule has 4 heteroatoms. The summed E-state index contributed by atoms with van der Waals surface area (Å²) in [7, 11) is 1.59. The Labute approximate surface area is 110 Å². The Morgan fingerprint density at radius 1 is 1.17 bits per heavy atom. The Bertz CT molecular complexity index is 576. The predicted octanol–water partition coefficient (Wildman–Crippen LogP) is 3.71. The van der Waals surface area contributed by atoms with Crippen molar-refractivity contribution in [2.75, 3.05) is 7.11 Å². The maximum Gasteiger partial charge on any atom is 0.335 e. The molecule has 0 saturated heterocycles. The Morgan fingerprint density at radius 3 is 2.39 bits per heavy atom. The summed E-state index contributed by atoms with van der Waals surface area (Å²) in [5, 5.41) is 9.48. The molecule has 2 rings (SSSR count). The van der Waals surface area contributed by atoms with E-state index in [0.29, 0.717) is 10.6 Å². The van der Waals surface area contributed by atoms with Crippen molar-refractivity contribution in [3.63, 3.8) is 0 Å². The molecule has 3 nitrogen and oxygen atoms in total. The van der Waals surface area contributed by atoms with Crippen LogP contribution in [0.1, 0.15) is 10.4 Å². The van der Waals surface area contributed by atoms with Gasteiger partial charge < -0.3 is 9.84 Å². The topological polar surface area (TPSA) is 46.5 Å². The number of benzene rings is 2. The monoisotopic (exact) mass is 262 g/mol. The average molecular weight is 263 g/mol. The van der Waals surface area contributed by atoms with Crippen LogP contribution in [0.3, 0.4) is 0 Å². The lowest BCUT2D eigenvalue weighted by atomic mass is 10.0. The van der Waals surface area contributed by atoms with E-state index in [1.165, 1.54) is 6.07 Å². The third-order valence-electron chi connectivity index (χ3n) is 2.61. The standard InChI is InChI=1S/C14H11ClO3/c1-18-11-5-2-9(3-6-11)12-8-10(14(16)17)4-7-13(12)15/h2-8H,1H3,(H,16,17). The first-order valence-electron chi connectivity index (χ1n) is 5.29. The smallest absolute Gasteiger partial charge is 0.335 e. The van der Waals surface area contributed by atoms with E-state index in [1.54, 1.807) is 31.4 Å². The van der Waals surface area contributed by atoms with Crippen LogP contribution in [0.25, 0.3) is 11.1 Å². The van der Waals surface area contributed by atoms with Crippen LogP contribution in [0.15, 0.2) is 42.5 Å². The van der Waals surface area contributed by atoms with Crippen molar-refractivity contribution < 1.29 is 14.6 Å². The molecule has 2 aromatic carbocycles. The van der Waals surface area contributed by atoms with Crippen molar-refractivity contribution in [2.45, 2.75) is 0 Å². The first kappa shape index (κ1) is 12.5. The zero-order chi connectivity index (χ0) is 13.1. The van der Waals surface area contributed by atoms with Crippen molar-refractivity contribution in [1.82, 2.24) is 0 Å². The summed E-state index contributed by atoms with van der Waals surface area (Å²) in [4.78, 5) is 10.9. The number of rotatable bonds is 3. The molecule has 0 spiro atoms. The first-order valence-corrected chi connectivity index (χ1v) is 5.67. The van der Waals surface area contributed by atoms with Crippen LogP contribution in [0.4, 0.5) is 0 Å². The van der Waals surface area contributed by atoms with E-state index in [2.05, 4.69) is 0 Å². The highest BCUT2D eigenvalue weighted by Crippen LogP contribution is 2.30. The van der Waals surface area contributed by atoms with E-state index in [1.807, 2.05) is 12.1 Å². The van der Waals surface area contributed by atoms with Gasteiger partial charge in [-0.1, -0.05) is 23.7 Å². The molecule has 18 heavy (non-hydrogen) atoms. The van der Waals surface area contributed by atoms with E-state index in [-0.39, 0.29) is 5.56 Å². The van der Waals surface area contributed by atoms with Gasteiger partial charge in [0.15, 0.2) is 0 Å². The minimum atomic E-state index is -0.971. The van der Waals surface area contributed by atoms with E-state index in [9.17, 15) is 4.79 Å². The van der Waals surface area contributed by atoms with Gasteiger partial charge in [-0.15, -0.1) is 0 Å². The Hall–Kier alpha value is -2.00. The van der Waals surface area contributed by atoms with Gasteiger partial charge in [0.2, 0.25) is 0 Å². The predicted molar refractivity (Wildman–Crippen MR) is 70.4 cm³/mol. The molecule has 0 unspecified atom stereocenters. The minimum Gasteiger partial charge on any atom is -0.497 e. The zero-order valence-corrected chi connectivity index (χ0v) is 10.4. The van der Waals surface area contributed by atoms with Crippen LogP contribution in [-0.2, 0) is 0 Å². The molecule has 0 amide bonds. The van der Waals surface area contributed by atoms with E-state index < -0.39 is 5.97 Å². The molecule has 0 bridgehead atoms. The summed E-state index contributed by atoms with van der Waals surface area (Å²) in [6.07, 6.45) is 0. The summed E-state index contributed by atoms with van der Waals surface area (Å²) in [6, 6.07) is 11.9. The number of hydrogen-bond acceptors (Lipinski definition) is 2. The number of hydrogen-bond donors (Lipinski definition) is 1. The molecular weight excluding hydrogens is 252 g/mol. The Morgan fingerprint density at radius 2 is 1.83 bits per heavy atom. The highest BCUT2D eigenvalue weighted by atomic mass is 35.5. The molecule has 0 aromatic heterocycles. The maximum absolute atomic E-state index is 10.9. The number of ether oxygens (including phenoxy) is 1. The second-order valence-corrected chi connectivity index (χ2v) is 4.14. The third-order valence-corrected chi connectivity index (χ3v) is 2.94. The van der Waals surface area contributed by atoms with Gasteiger partial charge in [-0.2, -0.15) is 0 Å². The Kier molecular flexibility index (Phi) is 3.53. The molecule has 92 valence electrons. The van der Waals surface area contributed by atoms with Gasteiger partial charge >= 0.3 is 5.97 Å². The number of carboxylic acids is 1. The molecule has 0 aliphatic carbocycles. The number of halogens is 1. The van der Waals surface area contributed by atoms with Gasteiger partial charge in [0.05, 0.1) is 12.7 Å². The average Bonchev–Trinajstić information content (AvgIpc) is 2.39. The highest BCUT2D eigenvalue weighted by molar-refractivity contribution is 6.33. The van der Waals surface area contributed by atoms with E-state index >= 15 is 0 Å². The second-order valence-electron chi connectivity index (χ2n) is 3.73. The number of aromatic carboxylic acids is 1. The lowest BCUT2D eigenvalue weighted by molar-refractivity contribution is 0.0697. The first-order chi connectivity index (χ1) is 8.61. The van der Waals surface area contributed by atoms with Crippen molar-refractivity contribution >= 4 is 17.6 Å². The molecular formula is C14H11ClO3. The van der Waals surface area contributed by atoms with Gasteiger partial charge in [-0.3, -0.25) is 0 Å². The van der Waals surface area contributed by atoms with Crippen LogP contribution in [0.5, 0.6) is 5.75 Å². The molecule has 0 atom stereocenters. The number of methoxy groups -OCH3 is 1. The molecule has 0 saturated carbocycles. The number of carbonyl (C=O) groups is 1. The maximum atomic E-state index is 10.9. The summed E-state index contributed by atoms with van der Waals surface area (Å²) < 4.78 is 5.07. The summed E-state index contributed by atoms with van der Waals surface area (Å²) >= 11 is 6.08. The molecule has 0 heterocycles. The largest absolute Gasteiger partial charge is 0.497 e. The SMILES string of the molecule is COc1ccc(-c2cc(C(=O)O)ccc2Cl)cc1. The third kappa shape index (κ3) is 2.46. The minimum absolute atomic E-state index is 0.213. The molecule has 0 aliphatic rings. The van der Waals surface area contributed by atoms with Gasteiger partial charge in [0, 0.05) is 10.6 Å². The van der Waals surface area contributed by atoms with Crippen molar-refractivity contribution in [1.29, 1.82) is 0 Å². The quantitative estimate of drug-likeness (QED) is 0.917. The Balaban J connectivity index is 2.48. The summed E-state index contributed by atoms with van der Waals surface area (Å²) in [6.45, 7) is 0. The van der Waals surface area contributed by atoms with Crippen LogP contribution in [0, 0.1) is 0 Å². The van der Waals surface area contributed by atoms with Crippen LogP contribution >= 0.6 is 11.6 Å². The van der Waals surface area contributed by atoms with Crippen molar-refractivity contribution in [2.24, 2.45) is 0 Å².